The first-order valence-electron chi connectivity index (χ1n) is 5.41. The van der Waals surface area contributed by atoms with E-state index >= 15 is 0 Å². The standard InChI is InChI=1S/C10H15BrN4O.ClH/c1-2-15-6-8(11)10(13-15)9-5-12-3-4-14(9)7-16;/h6-7,9,12H,2-5H2,1H3;1H. The smallest absolute Gasteiger partial charge is 0.210 e. The van der Waals surface area contributed by atoms with Crippen LogP contribution in [0.1, 0.15) is 18.7 Å². The minimum absolute atomic E-state index is 0. The minimum atomic E-state index is 0. The van der Waals surface area contributed by atoms with E-state index < -0.39 is 0 Å². The molecule has 0 aliphatic carbocycles. The predicted molar refractivity (Wildman–Crippen MR) is 71.2 cm³/mol. The maximum Gasteiger partial charge on any atom is 0.210 e. The average Bonchev–Trinajstić information content (AvgIpc) is 2.70. The predicted octanol–water partition coefficient (Wildman–Crippen LogP) is 1.19. The van der Waals surface area contributed by atoms with Crippen LogP contribution in [0.5, 0.6) is 0 Å². The molecule has 1 N–H and O–H groups in total. The molecule has 0 saturated carbocycles. The van der Waals surface area contributed by atoms with Crippen LogP contribution in [0.4, 0.5) is 0 Å². The average molecular weight is 324 g/mol. The summed E-state index contributed by atoms with van der Waals surface area (Å²) >= 11 is 3.50. The normalized spacial score (nSPS) is 19.9. The van der Waals surface area contributed by atoms with Gasteiger partial charge in [0.25, 0.3) is 0 Å². The van der Waals surface area contributed by atoms with Gasteiger partial charge < -0.3 is 10.2 Å². The number of aryl methyl sites for hydroxylation is 1. The van der Waals surface area contributed by atoms with E-state index in [1.54, 1.807) is 4.90 Å². The lowest BCUT2D eigenvalue weighted by molar-refractivity contribution is -0.121. The molecule has 1 aliphatic heterocycles. The number of rotatable bonds is 3. The zero-order valence-corrected chi connectivity index (χ0v) is 12.0. The van der Waals surface area contributed by atoms with Gasteiger partial charge in [0, 0.05) is 32.4 Å². The highest BCUT2D eigenvalue weighted by Gasteiger charge is 2.26. The van der Waals surface area contributed by atoms with Gasteiger partial charge in [0.15, 0.2) is 0 Å². The third-order valence-electron chi connectivity index (χ3n) is 2.80. The van der Waals surface area contributed by atoms with Crippen LogP contribution in [0, 0.1) is 0 Å². The number of halogens is 2. The van der Waals surface area contributed by atoms with Gasteiger partial charge in [0.05, 0.1) is 10.5 Å². The molecule has 2 rings (SSSR count). The molecule has 1 amide bonds. The number of nitrogens with zero attached hydrogens (tertiary/aromatic N) is 3. The molecule has 1 fully saturated rings. The van der Waals surface area contributed by atoms with Crippen LogP contribution >= 0.6 is 28.3 Å². The van der Waals surface area contributed by atoms with E-state index in [1.165, 1.54) is 0 Å². The first-order valence-corrected chi connectivity index (χ1v) is 6.20. The highest BCUT2D eigenvalue weighted by atomic mass is 79.9. The Morgan fingerprint density at radius 2 is 2.47 bits per heavy atom. The van der Waals surface area contributed by atoms with Crippen molar-refractivity contribution in [3.05, 3.63) is 16.4 Å². The topological polar surface area (TPSA) is 50.2 Å². The molecule has 0 bridgehead atoms. The van der Waals surface area contributed by atoms with Gasteiger partial charge in [0.2, 0.25) is 6.41 Å². The summed E-state index contributed by atoms with van der Waals surface area (Å²) in [6.07, 6.45) is 2.86. The number of carbonyl (C=O) groups is 1. The second kappa shape index (κ2) is 6.37. The Morgan fingerprint density at radius 1 is 1.71 bits per heavy atom. The Labute approximate surface area is 115 Å². The molecule has 1 atom stereocenters. The van der Waals surface area contributed by atoms with Crippen molar-refractivity contribution in [2.75, 3.05) is 19.6 Å². The first kappa shape index (κ1) is 14.5. The molecule has 1 unspecified atom stereocenters. The van der Waals surface area contributed by atoms with Crippen LogP contribution < -0.4 is 5.32 Å². The van der Waals surface area contributed by atoms with Crippen LogP contribution in [-0.2, 0) is 11.3 Å². The lowest BCUT2D eigenvalue weighted by atomic mass is 10.1. The van der Waals surface area contributed by atoms with Crippen molar-refractivity contribution in [1.29, 1.82) is 0 Å². The van der Waals surface area contributed by atoms with Gasteiger partial charge in [-0.25, -0.2) is 0 Å². The van der Waals surface area contributed by atoms with Crippen molar-refractivity contribution in [2.24, 2.45) is 0 Å². The molecule has 0 aromatic carbocycles. The van der Waals surface area contributed by atoms with Crippen molar-refractivity contribution >= 4 is 34.7 Å². The quantitative estimate of drug-likeness (QED) is 0.850. The number of hydrogen-bond donors (Lipinski definition) is 1. The maximum atomic E-state index is 11.0. The van der Waals surface area contributed by atoms with E-state index in [2.05, 4.69) is 26.3 Å². The van der Waals surface area contributed by atoms with Gasteiger partial charge in [0.1, 0.15) is 5.69 Å². The first-order chi connectivity index (χ1) is 7.76. The molecule has 5 nitrogen and oxygen atoms in total. The summed E-state index contributed by atoms with van der Waals surface area (Å²) in [5.41, 5.74) is 0.932. The van der Waals surface area contributed by atoms with Gasteiger partial charge in [-0.05, 0) is 22.9 Å². The third-order valence-corrected chi connectivity index (χ3v) is 3.41. The van der Waals surface area contributed by atoms with Gasteiger partial charge in [-0.15, -0.1) is 12.4 Å². The lowest BCUT2D eigenvalue weighted by Gasteiger charge is -2.32. The summed E-state index contributed by atoms with van der Waals surface area (Å²) in [5, 5.41) is 7.76. The largest absolute Gasteiger partial charge is 0.334 e. The number of carbonyl (C=O) groups excluding carboxylic acids is 1. The monoisotopic (exact) mass is 322 g/mol. The van der Waals surface area contributed by atoms with E-state index in [4.69, 9.17) is 0 Å². The number of nitrogens with one attached hydrogen (secondary N) is 1. The zero-order chi connectivity index (χ0) is 11.5. The molecule has 17 heavy (non-hydrogen) atoms. The minimum Gasteiger partial charge on any atom is -0.334 e. The fraction of sp³-hybridized carbons (Fsp3) is 0.600. The molecule has 1 aliphatic rings. The third kappa shape index (κ3) is 3.00. The second-order valence-corrected chi connectivity index (χ2v) is 4.64. The Hall–Kier alpha value is -0.590. The van der Waals surface area contributed by atoms with E-state index in [0.717, 1.165) is 42.8 Å². The molecule has 96 valence electrons. The van der Waals surface area contributed by atoms with Crippen LogP contribution in [0.15, 0.2) is 10.7 Å². The Bertz CT molecular complexity index is 384. The zero-order valence-electron chi connectivity index (χ0n) is 9.60. The number of aromatic nitrogens is 2. The summed E-state index contributed by atoms with van der Waals surface area (Å²) in [7, 11) is 0. The van der Waals surface area contributed by atoms with E-state index in [-0.39, 0.29) is 18.4 Å². The van der Waals surface area contributed by atoms with Crippen LogP contribution in [0.3, 0.4) is 0 Å². The SMILES string of the molecule is CCn1cc(Br)c(C2CNCCN2C=O)n1.Cl. The summed E-state index contributed by atoms with van der Waals surface area (Å²) in [6, 6.07) is 0.0356. The summed E-state index contributed by atoms with van der Waals surface area (Å²) in [5.74, 6) is 0. The van der Waals surface area contributed by atoms with Gasteiger partial charge in [-0.2, -0.15) is 5.10 Å². The molecule has 1 aromatic rings. The van der Waals surface area contributed by atoms with Crippen molar-refractivity contribution in [1.82, 2.24) is 20.0 Å². The molecular weight excluding hydrogens is 307 g/mol. The molecular formula is C10H16BrClN4O. The maximum absolute atomic E-state index is 11.0. The number of piperazine rings is 1. The van der Waals surface area contributed by atoms with E-state index in [1.807, 2.05) is 17.8 Å². The van der Waals surface area contributed by atoms with Gasteiger partial charge in [-0.3, -0.25) is 9.48 Å². The second-order valence-electron chi connectivity index (χ2n) is 3.78. The van der Waals surface area contributed by atoms with Gasteiger partial charge >= 0.3 is 0 Å². The van der Waals surface area contributed by atoms with Crippen LogP contribution in [0.25, 0.3) is 0 Å². The number of hydrogen-bond acceptors (Lipinski definition) is 3. The van der Waals surface area contributed by atoms with Crippen molar-refractivity contribution in [3.63, 3.8) is 0 Å². The van der Waals surface area contributed by atoms with Crippen molar-refractivity contribution < 1.29 is 4.79 Å². The molecule has 0 spiro atoms. The Kier molecular flexibility index (Phi) is 5.42. The van der Waals surface area contributed by atoms with Crippen molar-refractivity contribution in [3.8, 4) is 0 Å². The summed E-state index contributed by atoms with van der Waals surface area (Å²) < 4.78 is 2.84. The fourth-order valence-corrected chi connectivity index (χ4v) is 2.48. The highest BCUT2D eigenvalue weighted by molar-refractivity contribution is 9.10. The number of amides is 1. The van der Waals surface area contributed by atoms with Crippen LogP contribution in [-0.4, -0.2) is 40.7 Å². The lowest BCUT2D eigenvalue weighted by Crippen LogP contribution is -2.45. The van der Waals surface area contributed by atoms with Crippen LogP contribution in [0.2, 0.25) is 0 Å². The van der Waals surface area contributed by atoms with Crippen molar-refractivity contribution in [2.45, 2.75) is 19.5 Å². The Morgan fingerprint density at radius 3 is 3.06 bits per heavy atom. The molecule has 0 radical (unpaired) electrons. The molecule has 1 aromatic heterocycles. The molecule has 2 heterocycles. The molecule has 7 heteroatoms. The Balaban J connectivity index is 0.00000144. The fourth-order valence-electron chi connectivity index (χ4n) is 1.90. The van der Waals surface area contributed by atoms with Gasteiger partial charge in [-0.1, -0.05) is 0 Å². The highest BCUT2D eigenvalue weighted by Crippen LogP contribution is 2.26. The van der Waals surface area contributed by atoms with E-state index in [0.29, 0.717) is 0 Å². The summed E-state index contributed by atoms with van der Waals surface area (Å²) in [6.45, 7) is 5.22. The summed E-state index contributed by atoms with van der Waals surface area (Å²) in [4.78, 5) is 12.8. The molecule has 1 saturated heterocycles. The van der Waals surface area contributed by atoms with E-state index in [9.17, 15) is 4.79 Å².